The fraction of sp³-hybridized carbons (Fsp3) is 0.750. The Morgan fingerprint density at radius 2 is 1.86 bits per heavy atom. The van der Waals surface area contributed by atoms with Crippen molar-refractivity contribution in [2.45, 2.75) is 38.5 Å². The highest BCUT2D eigenvalue weighted by molar-refractivity contribution is 5.90. The number of ketones is 1. The molecule has 0 spiro atoms. The van der Waals surface area contributed by atoms with Gasteiger partial charge < -0.3 is 4.74 Å². The monoisotopic (exact) mass is 194 g/mol. The number of carbonyl (C=O) groups is 1. The van der Waals surface area contributed by atoms with Crippen LogP contribution in [-0.2, 0) is 9.53 Å². The molecule has 1 saturated heterocycles. The number of ether oxygens (including phenoxy) is 1. The molecule has 0 amide bonds. The number of rotatable bonds is 1. The Morgan fingerprint density at radius 3 is 2.64 bits per heavy atom. The molecule has 1 fully saturated rings. The lowest BCUT2D eigenvalue weighted by molar-refractivity contribution is -0.114. The summed E-state index contributed by atoms with van der Waals surface area (Å²) in [5.41, 5.74) is 1.40. The highest BCUT2D eigenvalue weighted by Gasteiger charge is 2.20. The minimum Gasteiger partial charge on any atom is -0.381 e. The van der Waals surface area contributed by atoms with E-state index in [0.717, 1.165) is 45.3 Å². The summed E-state index contributed by atoms with van der Waals surface area (Å²) in [5.74, 6) is 0.967. The lowest BCUT2D eigenvalue weighted by Crippen LogP contribution is -2.17. The first-order valence-corrected chi connectivity index (χ1v) is 5.67. The average Bonchev–Trinajstić information content (AvgIpc) is 2.44. The van der Waals surface area contributed by atoms with E-state index in [1.807, 2.05) is 6.08 Å². The largest absolute Gasteiger partial charge is 0.381 e. The number of hydrogen-bond acceptors (Lipinski definition) is 2. The third-order valence-corrected chi connectivity index (χ3v) is 3.23. The Morgan fingerprint density at radius 1 is 1.14 bits per heavy atom. The molecule has 2 heteroatoms. The Labute approximate surface area is 85.3 Å². The maximum atomic E-state index is 11.4. The van der Waals surface area contributed by atoms with Gasteiger partial charge in [-0.15, -0.1) is 0 Å². The Bertz CT molecular complexity index is 237. The highest BCUT2D eigenvalue weighted by Crippen LogP contribution is 2.29. The van der Waals surface area contributed by atoms with E-state index in [4.69, 9.17) is 4.74 Å². The molecule has 1 aliphatic heterocycles. The summed E-state index contributed by atoms with van der Waals surface area (Å²) in [6.07, 6.45) is 8.29. The van der Waals surface area contributed by atoms with Crippen molar-refractivity contribution in [3.8, 4) is 0 Å². The fourth-order valence-electron chi connectivity index (χ4n) is 2.37. The Balaban J connectivity index is 2.02. The normalized spacial score (nSPS) is 25.7. The molecule has 2 rings (SSSR count). The van der Waals surface area contributed by atoms with Crippen molar-refractivity contribution in [1.82, 2.24) is 0 Å². The van der Waals surface area contributed by atoms with Crippen molar-refractivity contribution in [2.24, 2.45) is 5.92 Å². The molecule has 2 aliphatic rings. The second-order valence-corrected chi connectivity index (χ2v) is 4.28. The van der Waals surface area contributed by atoms with Gasteiger partial charge in [0.2, 0.25) is 0 Å². The van der Waals surface area contributed by atoms with Crippen molar-refractivity contribution in [2.75, 3.05) is 13.2 Å². The number of hydrogen-bond donors (Lipinski definition) is 0. The lowest BCUT2D eigenvalue weighted by atomic mass is 9.88. The van der Waals surface area contributed by atoms with E-state index < -0.39 is 0 Å². The van der Waals surface area contributed by atoms with E-state index in [1.54, 1.807) is 0 Å². The zero-order valence-corrected chi connectivity index (χ0v) is 8.63. The van der Waals surface area contributed by atoms with Gasteiger partial charge in [-0.1, -0.05) is 5.57 Å². The van der Waals surface area contributed by atoms with Crippen LogP contribution in [0.1, 0.15) is 38.5 Å². The quantitative estimate of drug-likeness (QED) is 0.641. The number of allylic oxidation sites excluding steroid dienone is 2. The van der Waals surface area contributed by atoms with E-state index in [2.05, 4.69) is 0 Å². The van der Waals surface area contributed by atoms with Gasteiger partial charge in [0.05, 0.1) is 0 Å². The van der Waals surface area contributed by atoms with Gasteiger partial charge in [-0.2, -0.15) is 0 Å². The molecule has 14 heavy (non-hydrogen) atoms. The Kier molecular flexibility index (Phi) is 3.35. The maximum Gasteiger partial charge on any atom is 0.155 e. The SMILES string of the molecule is O=C1C=C(C2CCOCC2)CCCC1. The van der Waals surface area contributed by atoms with Gasteiger partial charge in [0, 0.05) is 19.6 Å². The summed E-state index contributed by atoms with van der Waals surface area (Å²) < 4.78 is 5.34. The third kappa shape index (κ3) is 2.44. The van der Waals surface area contributed by atoms with Crippen LogP contribution >= 0.6 is 0 Å². The van der Waals surface area contributed by atoms with Gasteiger partial charge >= 0.3 is 0 Å². The predicted octanol–water partition coefficient (Wildman–Crippen LogP) is 2.48. The molecule has 1 heterocycles. The van der Waals surface area contributed by atoms with Gasteiger partial charge in [-0.3, -0.25) is 4.79 Å². The number of carbonyl (C=O) groups excluding carboxylic acids is 1. The van der Waals surface area contributed by atoms with Crippen LogP contribution in [0.3, 0.4) is 0 Å². The van der Waals surface area contributed by atoms with Crippen LogP contribution in [0.4, 0.5) is 0 Å². The second kappa shape index (κ2) is 4.74. The third-order valence-electron chi connectivity index (χ3n) is 3.23. The molecule has 0 atom stereocenters. The molecule has 78 valence electrons. The molecule has 0 aromatic rings. The molecule has 0 aromatic heterocycles. The van der Waals surface area contributed by atoms with Crippen LogP contribution in [0.2, 0.25) is 0 Å². The van der Waals surface area contributed by atoms with E-state index in [0.29, 0.717) is 11.7 Å². The first-order chi connectivity index (χ1) is 6.86. The van der Waals surface area contributed by atoms with Crippen molar-refractivity contribution in [3.05, 3.63) is 11.6 Å². The lowest BCUT2D eigenvalue weighted by Gasteiger charge is -2.24. The molecule has 1 aliphatic carbocycles. The minimum absolute atomic E-state index is 0.337. The van der Waals surface area contributed by atoms with E-state index >= 15 is 0 Å². The smallest absolute Gasteiger partial charge is 0.155 e. The molecule has 0 aromatic carbocycles. The standard InChI is InChI=1S/C12H18O2/c13-12-4-2-1-3-11(9-12)10-5-7-14-8-6-10/h9-10H,1-8H2. The van der Waals surface area contributed by atoms with Crippen LogP contribution < -0.4 is 0 Å². The highest BCUT2D eigenvalue weighted by atomic mass is 16.5. The summed E-state index contributed by atoms with van der Waals surface area (Å²) in [5, 5.41) is 0. The second-order valence-electron chi connectivity index (χ2n) is 4.28. The molecule has 0 radical (unpaired) electrons. The van der Waals surface area contributed by atoms with Crippen molar-refractivity contribution in [1.29, 1.82) is 0 Å². The molecule has 2 nitrogen and oxygen atoms in total. The van der Waals surface area contributed by atoms with Crippen LogP contribution in [0, 0.1) is 5.92 Å². The van der Waals surface area contributed by atoms with Gasteiger partial charge in [0.1, 0.15) is 0 Å². The zero-order valence-electron chi connectivity index (χ0n) is 8.63. The van der Waals surface area contributed by atoms with Crippen molar-refractivity contribution < 1.29 is 9.53 Å². The van der Waals surface area contributed by atoms with E-state index in [-0.39, 0.29) is 0 Å². The van der Waals surface area contributed by atoms with Crippen LogP contribution in [0.5, 0.6) is 0 Å². The zero-order chi connectivity index (χ0) is 9.80. The van der Waals surface area contributed by atoms with E-state index in [9.17, 15) is 4.79 Å². The average molecular weight is 194 g/mol. The summed E-state index contributed by atoms with van der Waals surface area (Å²) in [6.45, 7) is 1.74. The molecule has 0 N–H and O–H groups in total. The first kappa shape index (κ1) is 9.91. The maximum absolute atomic E-state index is 11.4. The Hall–Kier alpha value is -0.630. The summed E-state index contributed by atoms with van der Waals surface area (Å²) in [6, 6.07) is 0. The van der Waals surface area contributed by atoms with Crippen LogP contribution in [-0.4, -0.2) is 19.0 Å². The molecule has 0 unspecified atom stereocenters. The van der Waals surface area contributed by atoms with Gasteiger partial charge in [-0.05, 0) is 44.1 Å². The van der Waals surface area contributed by atoms with Gasteiger partial charge in [0.15, 0.2) is 5.78 Å². The first-order valence-electron chi connectivity index (χ1n) is 5.67. The van der Waals surface area contributed by atoms with Gasteiger partial charge in [-0.25, -0.2) is 0 Å². The van der Waals surface area contributed by atoms with Crippen molar-refractivity contribution in [3.63, 3.8) is 0 Å². The molecular formula is C12H18O2. The predicted molar refractivity (Wildman–Crippen MR) is 55.1 cm³/mol. The molecule has 0 saturated carbocycles. The summed E-state index contributed by atoms with van der Waals surface area (Å²) >= 11 is 0. The molecule has 0 bridgehead atoms. The van der Waals surface area contributed by atoms with Crippen LogP contribution in [0.25, 0.3) is 0 Å². The minimum atomic E-state index is 0.337. The fourth-order valence-corrected chi connectivity index (χ4v) is 2.37. The van der Waals surface area contributed by atoms with E-state index in [1.165, 1.54) is 12.0 Å². The van der Waals surface area contributed by atoms with Crippen LogP contribution in [0.15, 0.2) is 11.6 Å². The topological polar surface area (TPSA) is 26.3 Å². The molecular weight excluding hydrogens is 176 g/mol. The van der Waals surface area contributed by atoms with Crippen molar-refractivity contribution >= 4 is 5.78 Å². The summed E-state index contributed by atoms with van der Waals surface area (Å²) in [4.78, 5) is 11.4. The van der Waals surface area contributed by atoms with Gasteiger partial charge in [0.25, 0.3) is 0 Å². The summed E-state index contributed by atoms with van der Waals surface area (Å²) in [7, 11) is 0.